The van der Waals surface area contributed by atoms with Crippen LogP contribution in [0.15, 0.2) is 29.4 Å². The second-order valence-electron chi connectivity index (χ2n) is 3.72. The maximum Gasteiger partial charge on any atom is 0.313 e. The molecule has 0 amide bonds. The summed E-state index contributed by atoms with van der Waals surface area (Å²) in [5, 5.41) is 11.3. The lowest BCUT2D eigenvalue weighted by molar-refractivity contribution is -0.133. The molecule has 0 saturated carbocycles. The van der Waals surface area contributed by atoms with E-state index in [1.807, 2.05) is 48.0 Å². The van der Waals surface area contributed by atoms with Gasteiger partial charge in [0, 0.05) is 14.1 Å². The number of aromatic nitrogens is 2. The molecule has 17 heavy (non-hydrogen) atoms. The highest BCUT2D eigenvalue weighted by molar-refractivity contribution is 7.99. The minimum atomic E-state index is -0.840. The summed E-state index contributed by atoms with van der Waals surface area (Å²) in [7, 11) is 3.80. The number of carbonyl (C=O) groups is 1. The quantitative estimate of drug-likeness (QED) is 0.833. The van der Waals surface area contributed by atoms with E-state index in [0.29, 0.717) is 5.16 Å². The zero-order valence-corrected chi connectivity index (χ0v) is 10.4. The van der Waals surface area contributed by atoms with Crippen molar-refractivity contribution in [2.24, 2.45) is 0 Å². The molecule has 1 aromatic carbocycles. The van der Waals surface area contributed by atoms with Gasteiger partial charge in [-0.15, -0.1) is 0 Å². The zero-order chi connectivity index (χ0) is 12.4. The predicted octanol–water partition coefficient (Wildman–Crippen LogP) is 1.41. The van der Waals surface area contributed by atoms with E-state index in [1.165, 1.54) is 11.8 Å². The molecule has 2 rings (SSSR count). The molecule has 0 radical (unpaired) electrons. The topological polar surface area (TPSA) is 58.4 Å². The number of carboxylic acid groups (broad SMARTS) is 1. The average molecular weight is 251 g/mol. The van der Waals surface area contributed by atoms with Gasteiger partial charge in [-0.05, 0) is 12.1 Å². The molecule has 0 bridgehead atoms. The van der Waals surface area contributed by atoms with Gasteiger partial charge in [0.1, 0.15) is 0 Å². The van der Waals surface area contributed by atoms with Crippen molar-refractivity contribution in [3.05, 3.63) is 24.3 Å². The van der Waals surface area contributed by atoms with Gasteiger partial charge >= 0.3 is 5.97 Å². The number of aliphatic carboxylic acids is 1. The Kier molecular flexibility index (Phi) is 3.23. The van der Waals surface area contributed by atoms with Crippen LogP contribution < -0.4 is 5.01 Å². The zero-order valence-electron chi connectivity index (χ0n) is 9.62. The Bertz CT molecular complexity index is 551. The average Bonchev–Trinajstić information content (AvgIpc) is 2.64. The molecule has 1 aromatic heterocycles. The SMILES string of the molecule is CN(C)n1c(SCC(=O)O)nc2ccccc21. The van der Waals surface area contributed by atoms with E-state index in [2.05, 4.69) is 4.98 Å². The summed E-state index contributed by atoms with van der Waals surface area (Å²) in [5.74, 6) is -0.829. The largest absolute Gasteiger partial charge is 0.481 e. The molecule has 0 fully saturated rings. The van der Waals surface area contributed by atoms with Gasteiger partial charge in [0.2, 0.25) is 0 Å². The Balaban J connectivity index is 2.46. The number of para-hydroxylation sites is 2. The van der Waals surface area contributed by atoms with Gasteiger partial charge in [-0.25, -0.2) is 9.66 Å². The van der Waals surface area contributed by atoms with Crippen LogP contribution in [-0.4, -0.2) is 40.6 Å². The number of carboxylic acids is 1. The first-order chi connectivity index (χ1) is 8.09. The highest BCUT2D eigenvalue weighted by Crippen LogP contribution is 2.23. The fourth-order valence-electron chi connectivity index (χ4n) is 1.60. The summed E-state index contributed by atoms with van der Waals surface area (Å²) < 4.78 is 1.91. The van der Waals surface area contributed by atoms with Crippen molar-refractivity contribution in [3.8, 4) is 0 Å². The lowest BCUT2D eigenvalue weighted by Crippen LogP contribution is -2.25. The van der Waals surface area contributed by atoms with Crippen molar-refractivity contribution in [3.63, 3.8) is 0 Å². The molecule has 0 aliphatic rings. The second kappa shape index (κ2) is 4.67. The molecule has 0 aliphatic carbocycles. The van der Waals surface area contributed by atoms with Gasteiger partial charge < -0.3 is 10.1 Å². The van der Waals surface area contributed by atoms with Gasteiger partial charge in [0.05, 0.1) is 16.8 Å². The van der Waals surface area contributed by atoms with Crippen LogP contribution in [0.4, 0.5) is 0 Å². The summed E-state index contributed by atoms with van der Waals surface area (Å²) in [4.78, 5) is 15.0. The van der Waals surface area contributed by atoms with Crippen molar-refractivity contribution in [2.75, 3.05) is 24.9 Å². The van der Waals surface area contributed by atoms with Crippen LogP contribution in [0.2, 0.25) is 0 Å². The Hall–Kier alpha value is -1.69. The van der Waals surface area contributed by atoms with Crippen LogP contribution in [0.25, 0.3) is 11.0 Å². The van der Waals surface area contributed by atoms with Crippen molar-refractivity contribution < 1.29 is 9.90 Å². The van der Waals surface area contributed by atoms with Crippen molar-refractivity contribution in [1.82, 2.24) is 9.66 Å². The number of imidazole rings is 1. The molecule has 1 N–H and O–H groups in total. The van der Waals surface area contributed by atoms with Gasteiger partial charge in [0.25, 0.3) is 0 Å². The number of rotatable bonds is 4. The number of hydrogen-bond acceptors (Lipinski definition) is 4. The summed E-state index contributed by atoms with van der Waals surface area (Å²) in [6.07, 6.45) is 0. The lowest BCUT2D eigenvalue weighted by atomic mass is 10.3. The highest BCUT2D eigenvalue weighted by Gasteiger charge is 2.13. The number of benzene rings is 1. The Labute approximate surface area is 103 Å². The third-order valence-corrected chi connectivity index (χ3v) is 3.15. The van der Waals surface area contributed by atoms with Gasteiger partial charge in [-0.1, -0.05) is 23.9 Å². The van der Waals surface area contributed by atoms with E-state index in [1.54, 1.807) is 0 Å². The number of nitrogens with zero attached hydrogens (tertiary/aromatic N) is 3. The molecule has 0 unspecified atom stereocenters. The van der Waals surface area contributed by atoms with E-state index in [-0.39, 0.29) is 5.75 Å². The lowest BCUT2D eigenvalue weighted by Gasteiger charge is -2.17. The Morgan fingerprint density at radius 2 is 2.18 bits per heavy atom. The minimum absolute atomic E-state index is 0.0111. The molecule has 0 atom stereocenters. The van der Waals surface area contributed by atoms with Crippen molar-refractivity contribution >= 4 is 28.8 Å². The van der Waals surface area contributed by atoms with E-state index in [4.69, 9.17) is 5.11 Å². The minimum Gasteiger partial charge on any atom is -0.481 e. The molecule has 0 spiro atoms. The predicted molar refractivity (Wildman–Crippen MR) is 68.2 cm³/mol. The van der Waals surface area contributed by atoms with Crippen LogP contribution in [0.5, 0.6) is 0 Å². The van der Waals surface area contributed by atoms with E-state index in [9.17, 15) is 4.79 Å². The third-order valence-electron chi connectivity index (χ3n) is 2.23. The Morgan fingerprint density at radius 1 is 1.47 bits per heavy atom. The second-order valence-corrected chi connectivity index (χ2v) is 4.67. The number of thioether (sulfide) groups is 1. The fraction of sp³-hybridized carbons (Fsp3) is 0.273. The molecular weight excluding hydrogens is 238 g/mol. The molecule has 90 valence electrons. The van der Waals surface area contributed by atoms with E-state index in [0.717, 1.165) is 11.0 Å². The van der Waals surface area contributed by atoms with Crippen molar-refractivity contribution in [2.45, 2.75) is 5.16 Å². The summed E-state index contributed by atoms with van der Waals surface area (Å²) in [6, 6.07) is 7.74. The molecular formula is C11H13N3O2S. The standard InChI is InChI=1S/C11H13N3O2S/c1-13(2)14-9-6-4-3-5-8(9)12-11(14)17-7-10(15)16/h3-6H,7H2,1-2H3,(H,15,16). The van der Waals surface area contributed by atoms with E-state index >= 15 is 0 Å². The first kappa shape index (κ1) is 11.8. The smallest absolute Gasteiger partial charge is 0.313 e. The molecule has 6 heteroatoms. The molecule has 2 aromatic rings. The van der Waals surface area contributed by atoms with Crippen LogP contribution in [0.1, 0.15) is 0 Å². The molecule has 5 nitrogen and oxygen atoms in total. The highest BCUT2D eigenvalue weighted by atomic mass is 32.2. The van der Waals surface area contributed by atoms with Crippen LogP contribution in [0.3, 0.4) is 0 Å². The Morgan fingerprint density at radius 3 is 2.82 bits per heavy atom. The first-order valence-corrected chi connectivity index (χ1v) is 6.08. The van der Waals surface area contributed by atoms with Crippen LogP contribution in [-0.2, 0) is 4.79 Å². The van der Waals surface area contributed by atoms with Gasteiger partial charge in [0.15, 0.2) is 5.16 Å². The molecule has 1 heterocycles. The third kappa shape index (κ3) is 2.36. The summed E-state index contributed by atoms with van der Waals surface area (Å²) >= 11 is 1.22. The maximum atomic E-state index is 10.6. The summed E-state index contributed by atoms with van der Waals surface area (Å²) in [5.41, 5.74) is 1.85. The molecule has 0 aliphatic heterocycles. The van der Waals surface area contributed by atoms with Gasteiger partial charge in [-0.2, -0.15) is 0 Å². The van der Waals surface area contributed by atoms with Crippen molar-refractivity contribution in [1.29, 1.82) is 0 Å². The number of hydrogen-bond donors (Lipinski definition) is 1. The first-order valence-electron chi connectivity index (χ1n) is 5.09. The van der Waals surface area contributed by atoms with Crippen LogP contribution in [0, 0.1) is 0 Å². The molecule has 0 saturated heterocycles. The number of fused-ring (bicyclic) bond motifs is 1. The maximum absolute atomic E-state index is 10.6. The van der Waals surface area contributed by atoms with Gasteiger partial charge in [-0.3, -0.25) is 4.79 Å². The fourth-order valence-corrected chi connectivity index (χ4v) is 2.40. The van der Waals surface area contributed by atoms with Crippen LogP contribution >= 0.6 is 11.8 Å². The normalized spacial score (nSPS) is 10.7. The monoisotopic (exact) mass is 251 g/mol. The summed E-state index contributed by atoms with van der Waals surface area (Å²) in [6.45, 7) is 0. The van der Waals surface area contributed by atoms with E-state index < -0.39 is 5.97 Å².